The van der Waals surface area contributed by atoms with E-state index in [9.17, 15) is 10.5 Å². The molecule has 0 spiro atoms. The fraction of sp³-hybridized carbons (Fsp3) is 0. The Morgan fingerprint density at radius 2 is 1.09 bits per heavy atom. The average molecular weight is 406 g/mol. The zero-order chi connectivity index (χ0) is 23.1. The monoisotopic (exact) mass is 406 g/mol. The van der Waals surface area contributed by atoms with Gasteiger partial charge in [-0.1, -0.05) is 48.5 Å². The minimum atomic E-state index is -0.142. The standard InChI is InChI=1S/C26H10N6/c1-30-20-10-8-19(9-11-20)22-13-23(25(15-28)31-2)21(12-24(22)26(16-29)32-3)18-6-4-17(14-27)5-7-18/h4-13H/b25-23+,26-24-. The average Bonchev–Trinajstić information content (AvgIpc) is 2.86. The van der Waals surface area contributed by atoms with Crippen molar-refractivity contribution >= 4 is 17.1 Å². The first-order valence-electron chi connectivity index (χ1n) is 9.06. The van der Waals surface area contributed by atoms with Gasteiger partial charge in [-0.15, -0.1) is 0 Å². The summed E-state index contributed by atoms with van der Waals surface area (Å²) in [5, 5.41) is 28.9. The van der Waals surface area contributed by atoms with Crippen molar-refractivity contribution in [3.63, 3.8) is 0 Å². The highest BCUT2D eigenvalue weighted by atomic mass is 14.7. The molecular weight excluding hydrogens is 396 g/mol. The van der Waals surface area contributed by atoms with Crippen LogP contribution in [0.5, 0.6) is 0 Å². The molecule has 0 amide bonds. The van der Waals surface area contributed by atoms with E-state index in [2.05, 4.69) is 14.5 Å². The van der Waals surface area contributed by atoms with E-state index in [-0.39, 0.29) is 11.4 Å². The van der Waals surface area contributed by atoms with E-state index in [0.717, 1.165) is 0 Å². The number of rotatable bonds is 2. The number of hydrogen-bond donors (Lipinski definition) is 0. The molecular formula is C26H10N6. The van der Waals surface area contributed by atoms with Crippen LogP contribution in [0.15, 0.2) is 60.7 Å². The molecule has 0 bridgehead atoms. The molecule has 0 heterocycles. The summed E-state index contributed by atoms with van der Waals surface area (Å²) in [7, 11) is 0. The topological polar surface area (TPSA) is 84.4 Å². The first-order valence-corrected chi connectivity index (χ1v) is 9.06. The van der Waals surface area contributed by atoms with Crippen molar-refractivity contribution in [2.24, 2.45) is 0 Å². The second-order valence-corrected chi connectivity index (χ2v) is 6.44. The Kier molecular flexibility index (Phi) is 6.07. The van der Waals surface area contributed by atoms with E-state index >= 15 is 0 Å². The SMILES string of the molecule is [C-]#[N+]/C(C#N)=c1/cc(-c2ccc(C#N)cc2)/c(=C(\C#N)[N+]#[C-])cc1-c1ccc([N+]#[C-])cc1. The van der Waals surface area contributed by atoms with Crippen molar-refractivity contribution in [3.8, 4) is 40.5 Å². The van der Waals surface area contributed by atoms with Crippen LogP contribution in [0.3, 0.4) is 0 Å². The number of nitriles is 3. The van der Waals surface area contributed by atoms with Crippen LogP contribution in [0.1, 0.15) is 5.56 Å². The van der Waals surface area contributed by atoms with Gasteiger partial charge >= 0.3 is 0 Å². The maximum atomic E-state index is 9.55. The first-order chi connectivity index (χ1) is 15.6. The second kappa shape index (κ2) is 9.23. The zero-order valence-electron chi connectivity index (χ0n) is 16.5. The predicted octanol–water partition coefficient (Wildman–Crippen LogP) is 4.55. The Morgan fingerprint density at radius 1 is 0.656 bits per heavy atom. The van der Waals surface area contributed by atoms with Crippen LogP contribution in [0.2, 0.25) is 0 Å². The van der Waals surface area contributed by atoms with Crippen molar-refractivity contribution in [1.82, 2.24) is 0 Å². The van der Waals surface area contributed by atoms with Crippen molar-refractivity contribution in [1.29, 1.82) is 15.8 Å². The summed E-state index contributed by atoms with van der Waals surface area (Å²) in [6.45, 7) is 22.0. The quantitative estimate of drug-likeness (QED) is 0.586. The third kappa shape index (κ3) is 3.90. The molecule has 0 unspecified atom stereocenters. The van der Waals surface area contributed by atoms with Gasteiger partial charge in [-0.05, 0) is 44.8 Å². The van der Waals surface area contributed by atoms with E-state index in [1.165, 1.54) is 0 Å². The Morgan fingerprint density at radius 3 is 1.44 bits per heavy atom. The Labute approximate surface area is 184 Å². The molecule has 0 aliphatic carbocycles. The highest BCUT2D eigenvalue weighted by Crippen LogP contribution is 2.23. The van der Waals surface area contributed by atoms with Crippen molar-refractivity contribution in [2.45, 2.75) is 0 Å². The molecule has 0 aliphatic heterocycles. The summed E-state index contributed by atoms with van der Waals surface area (Å²) in [4.78, 5) is 10.1. The van der Waals surface area contributed by atoms with Crippen LogP contribution in [0.25, 0.3) is 48.2 Å². The molecule has 144 valence electrons. The van der Waals surface area contributed by atoms with Gasteiger partial charge in [-0.3, -0.25) is 0 Å². The summed E-state index contributed by atoms with van der Waals surface area (Å²) >= 11 is 0. The molecule has 3 aromatic carbocycles. The molecule has 3 rings (SSSR count). The maximum absolute atomic E-state index is 9.55. The lowest BCUT2D eigenvalue weighted by molar-refractivity contribution is 1.45. The van der Waals surface area contributed by atoms with Gasteiger partial charge in [0.05, 0.1) is 43.5 Å². The van der Waals surface area contributed by atoms with E-state index < -0.39 is 0 Å². The molecule has 6 heteroatoms. The molecule has 0 fully saturated rings. The molecule has 0 atom stereocenters. The van der Waals surface area contributed by atoms with Crippen molar-refractivity contribution in [2.75, 3.05) is 0 Å². The van der Waals surface area contributed by atoms with Crippen LogP contribution >= 0.6 is 0 Å². The molecule has 0 aliphatic rings. The van der Waals surface area contributed by atoms with Gasteiger partial charge in [0, 0.05) is 0 Å². The number of benzene rings is 3. The fourth-order valence-corrected chi connectivity index (χ4v) is 3.20. The lowest BCUT2D eigenvalue weighted by atomic mass is 9.93. The summed E-state index contributed by atoms with van der Waals surface area (Å²) in [5.74, 6) is 0. The smallest absolute Gasteiger partial charge is 0.238 e. The lowest BCUT2D eigenvalue weighted by Crippen LogP contribution is -2.18. The van der Waals surface area contributed by atoms with Gasteiger partial charge < -0.3 is 0 Å². The Balaban J connectivity index is 2.54. The van der Waals surface area contributed by atoms with Gasteiger partial charge in [-0.25, -0.2) is 25.1 Å². The van der Waals surface area contributed by atoms with Gasteiger partial charge in [0.15, 0.2) is 5.69 Å². The molecule has 6 nitrogen and oxygen atoms in total. The van der Waals surface area contributed by atoms with Crippen molar-refractivity contribution < 1.29 is 0 Å². The molecule has 0 saturated carbocycles. The van der Waals surface area contributed by atoms with Crippen LogP contribution in [-0.2, 0) is 0 Å². The largest absolute Gasteiger partial charge is 0.269 e. The second-order valence-electron chi connectivity index (χ2n) is 6.44. The molecule has 3 aromatic rings. The van der Waals surface area contributed by atoms with E-state index in [4.69, 9.17) is 25.0 Å². The fourth-order valence-electron chi connectivity index (χ4n) is 3.20. The zero-order valence-corrected chi connectivity index (χ0v) is 16.5. The summed E-state index contributed by atoms with van der Waals surface area (Å²) in [5.41, 5.74) is 2.87. The maximum Gasteiger partial charge on any atom is 0.269 e. The molecule has 0 radical (unpaired) electrons. The van der Waals surface area contributed by atoms with Gasteiger partial charge in [0.25, 0.3) is 11.4 Å². The van der Waals surface area contributed by atoms with Gasteiger partial charge in [0.2, 0.25) is 0 Å². The third-order valence-corrected chi connectivity index (χ3v) is 4.74. The van der Waals surface area contributed by atoms with Crippen LogP contribution in [0.4, 0.5) is 5.69 Å². The predicted molar refractivity (Wildman–Crippen MR) is 119 cm³/mol. The molecule has 0 saturated heterocycles. The normalized spacial score (nSPS) is 11.3. The van der Waals surface area contributed by atoms with Crippen molar-refractivity contribution in [3.05, 3.63) is 111 Å². The number of nitrogens with zero attached hydrogens (tertiary/aromatic N) is 6. The molecule has 0 N–H and O–H groups in total. The third-order valence-electron chi connectivity index (χ3n) is 4.74. The van der Waals surface area contributed by atoms with Crippen LogP contribution < -0.4 is 10.4 Å². The molecule has 32 heavy (non-hydrogen) atoms. The van der Waals surface area contributed by atoms with Crippen LogP contribution in [-0.4, -0.2) is 0 Å². The van der Waals surface area contributed by atoms with Gasteiger partial charge in [0.1, 0.15) is 0 Å². The molecule has 0 aromatic heterocycles. The summed E-state index contributed by atoms with van der Waals surface area (Å²) in [6.07, 6.45) is 0. The number of hydrogen-bond acceptors (Lipinski definition) is 3. The van der Waals surface area contributed by atoms with Gasteiger partial charge in [-0.2, -0.15) is 5.26 Å². The lowest BCUT2D eigenvalue weighted by Gasteiger charge is -2.11. The van der Waals surface area contributed by atoms with E-state index in [1.54, 1.807) is 60.7 Å². The van der Waals surface area contributed by atoms with E-state index in [0.29, 0.717) is 43.9 Å². The van der Waals surface area contributed by atoms with E-state index in [1.807, 2.05) is 18.2 Å². The highest BCUT2D eigenvalue weighted by Gasteiger charge is 2.12. The highest BCUT2D eigenvalue weighted by molar-refractivity contribution is 5.82. The minimum Gasteiger partial charge on any atom is -0.238 e. The van der Waals surface area contributed by atoms with Crippen LogP contribution in [0, 0.1) is 53.7 Å². The summed E-state index contributed by atoms with van der Waals surface area (Å²) < 4.78 is 0. The summed E-state index contributed by atoms with van der Waals surface area (Å²) in [6, 6.07) is 22.3. The Bertz CT molecular complexity index is 1440. The Hall–Kier alpha value is -5.66. The minimum absolute atomic E-state index is 0.142. The first kappa shape index (κ1) is 21.1.